The number of carboxylic acids is 1. The van der Waals surface area contributed by atoms with Crippen molar-refractivity contribution >= 4 is 11.9 Å². The van der Waals surface area contributed by atoms with Crippen LogP contribution in [0, 0.1) is 11.8 Å². The lowest BCUT2D eigenvalue weighted by Gasteiger charge is -2.22. The minimum Gasteiger partial charge on any atom is -0.477 e. The minimum absolute atomic E-state index is 0.0449. The van der Waals surface area contributed by atoms with Crippen LogP contribution in [-0.2, 0) is 0 Å². The molecule has 5 nitrogen and oxygen atoms in total. The number of nitrogens with zero attached hydrogens (tertiary/aromatic N) is 1. The molecular weight excluding hydrogens is 244 g/mol. The summed E-state index contributed by atoms with van der Waals surface area (Å²) in [5.74, 6) is 0.171. The minimum atomic E-state index is -1.08. The van der Waals surface area contributed by atoms with Crippen molar-refractivity contribution in [2.75, 3.05) is 0 Å². The van der Waals surface area contributed by atoms with Crippen LogP contribution in [0.15, 0.2) is 18.3 Å². The third-order valence-corrected chi connectivity index (χ3v) is 4.30. The number of pyridine rings is 1. The summed E-state index contributed by atoms with van der Waals surface area (Å²) >= 11 is 0. The van der Waals surface area contributed by atoms with E-state index in [0.29, 0.717) is 11.5 Å². The Hall–Kier alpha value is -1.91. The number of carboxylic acid groups (broad SMARTS) is 1. The van der Waals surface area contributed by atoms with E-state index < -0.39 is 5.97 Å². The van der Waals surface area contributed by atoms with Crippen molar-refractivity contribution < 1.29 is 14.7 Å². The first-order valence-corrected chi connectivity index (χ1v) is 6.63. The van der Waals surface area contributed by atoms with Crippen LogP contribution in [-0.4, -0.2) is 28.0 Å². The molecule has 5 heteroatoms. The number of aromatic carboxylic acids is 1. The number of hydrogen-bond acceptors (Lipinski definition) is 3. The molecule has 2 N–H and O–H groups in total. The molecule has 0 spiro atoms. The van der Waals surface area contributed by atoms with Crippen molar-refractivity contribution in [1.29, 1.82) is 0 Å². The van der Waals surface area contributed by atoms with Crippen molar-refractivity contribution in [3.05, 3.63) is 29.6 Å². The predicted octanol–water partition coefficient (Wildman–Crippen LogP) is 1.70. The van der Waals surface area contributed by atoms with Crippen LogP contribution in [0.5, 0.6) is 0 Å². The second-order valence-corrected chi connectivity index (χ2v) is 5.49. The summed E-state index contributed by atoms with van der Waals surface area (Å²) in [5, 5.41) is 11.8. The number of carbonyl (C=O) groups is 2. The van der Waals surface area contributed by atoms with Gasteiger partial charge in [0.05, 0.1) is 5.56 Å². The zero-order valence-electron chi connectivity index (χ0n) is 10.5. The Morgan fingerprint density at radius 2 is 2.11 bits per heavy atom. The summed E-state index contributed by atoms with van der Waals surface area (Å²) < 4.78 is 0. The van der Waals surface area contributed by atoms with Crippen molar-refractivity contribution in [2.45, 2.75) is 31.7 Å². The summed E-state index contributed by atoms with van der Waals surface area (Å²) in [4.78, 5) is 26.5. The molecule has 2 aliphatic rings. The molecule has 1 heterocycles. The smallest absolute Gasteiger partial charge is 0.354 e. The van der Waals surface area contributed by atoms with Crippen LogP contribution < -0.4 is 5.32 Å². The summed E-state index contributed by atoms with van der Waals surface area (Å²) in [6.07, 6.45) is 6.15. The van der Waals surface area contributed by atoms with Gasteiger partial charge < -0.3 is 10.4 Å². The van der Waals surface area contributed by atoms with E-state index in [4.69, 9.17) is 5.11 Å². The number of fused-ring (bicyclic) bond motifs is 2. The lowest BCUT2D eigenvalue weighted by Crippen LogP contribution is -2.38. The molecular formula is C14H16N2O3. The van der Waals surface area contributed by atoms with Gasteiger partial charge in [0.2, 0.25) is 0 Å². The number of nitrogens with one attached hydrogen (secondary N) is 1. The highest BCUT2D eigenvalue weighted by Crippen LogP contribution is 2.44. The first kappa shape index (κ1) is 12.1. The molecule has 2 aliphatic carbocycles. The van der Waals surface area contributed by atoms with Gasteiger partial charge in [-0.25, -0.2) is 9.78 Å². The highest BCUT2D eigenvalue weighted by Gasteiger charge is 2.40. The van der Waals surface area contributed by atoms with Crippen LogP contribution in [0.4, 0.5) is 0 Å². The number of hydrogen-bond donors (Lipinski definition) is 2. The Balaban J connectivity index is 1.65. The predicted molar refractivity (Wildman–Crippen MR) is 67.9 cm³/mol. The molecule has 1 aromatic heterocycles. The molecule has 1 amide bonds. The van der Waals surface area contributed by atoms with Gasteiger partial charge >= 0.3 is 5.97 Å². The lowest BCUT2D eigenvalue weighted by molar-refractivity contribution is 0.0689. The zero-order valence-corrected chi connectivity index (χ0v) is 10.5. The van der Waals surface area contributed by atoms with E-state index in [-0.39, 0.29) is 17.6 Å². The zero-order chi connectivity index (χ0) is 13.4. The average molecular weight is 260 g/mol. The maximum absolute atomic E-state index is 12.1. The third kappa shape index (κ3) is 2.32. The normalized spacial score (nSPS) is 28.3. The molecule has 3 unspecified atom stereocenters. The van der Waals surface area contributed by atoms with Gasteiger partial charge in [-0.15, -0.1) is 0 Å². The van der Waals surface area contributed by atoms with E-state index >= 15 is 0 Å². The molecule has 0 aromatic carbocycles. The lowest BCUT2D eigenvalue weighted by atomic mass is 9.95. The van der Waals surface area contributed by atoms with Gasteiger partial charge in [-0.05, 0) is 43.2 Å². The van der Waals surface area contributed by atoms with Gasteiger partial charge in [0, 0.05) is 12.2 Å². The van der Waals surface area contributed by atoms with E-state index in [1.54, 1.807) is 0 Å². The maximum Gasteiger partial charge on any atom is 0.354 e. The largest absolute Gasteiger partial charge is 0.477 e. The molecule has 0 radical (unpaired) electrons. The van der Waals surface area contributed by atoms with Gasteiger partial charge in [-0.3, -0.25) is 4.79 Å². The third-order valence-electron chi connectivity index (χ3n) is 4.30. The topological polar surface area (TPSA) is 79.3 Å². The molecule has 2 bridgehead atoms. The van der Waals surface area contributed by atoms with Crippen molar-refractivity contribution in [3.63, 3.8) is 0 Å². The van der Waals surface area contributed by atoms with E-state index in [1.807, 2.05) is 0 Å². The van der Waals surface area contributed by atoms with E-state index in [2.05, 4.69) is 10.3 Å². The van der Waals surface area contributed by atoms with Crippen LogP contribution in [0.2, 0.25) is 0 Å². The number of rotatable bonds is 3. The highest BCUT2D eigenvalue weighted by atomic mass is 16.4. The van der Waals surface area contributed by atoms with E-state index in [9.17, 15) is 9.59 Å². The number of amides is 1. The maximum atomic E-state index is 12.1. The molecule has 100 valence electrons. The Kier molecular flexibility index (Phi) is 2.97. The number of aromatic nitrogens is 1. The quantitative estimate of drug-likeness (QED) is 0.867. The number of carbonyl (C=O) groups excluding carboxylic acids is 1. The Morgan fingerprint density at radius 3 is 2.63 bits per heavy atom. The van der Waals surface area contributed by atoms with Crippen LogP contribution in [0.3, 0.4) is 0 Å². The fourth-order valence-electron chi connectivity index (χ4n) is 3.33. The first-order chi connectivity index (χ1) is 9.13. The molecule has 0 saturated heterocycles. The van der Waals surface area contributed by atoms with E-state index in [0.717, 1.165) is 12.3 Å². The second-order valence-electron chi connectivity index (χ2n) is 5.49. The highest BCUT2D eigenvalue weighted by molar-refractivity contribution is 5.95. The fraction of sp³-hybridized carbons (Fsp3) is 0.500. The second kappa shape index (κ2) is 4.64. The first-order valence-electron chi connectivity index (χ1n) is 6.63. The molecule has 2 fully saturated rings. The Morgan fingerprint density at radius 1 is 1.26 bits per heavy atom. The van der Waals surface area contributed by atoms with Gasteiger partial charge in [0.1, 0.15) is 5.69 Å². The molecule has 1 aromatic rings. The van der Waals surface area contributed by atoms with Gasteiger partial charge in [-0.1, -0.05) is 6.42 Å². The SMILES string of the molecule is O=C(NC1CC2CCC1C2)c1ccc(C(=O)O)nc1. The molecule has 0 aliphatic heterocycles. The van der Waals surface area contributed by atoms with Gasteiger partial charge in [0.25, 0.3) is 5.91 Å². The summed E-state index contributed by atoms with van der Waals surface area (Å²) in [5.41, 5.74) is 0.379. The summed E-state index contributed by atoms with van der Waals surface area (Å²) in [6, 6.07) is 3.15. The molecule has 3 rings (SSSR count). The molecule has 2 saturated carbocycles. The van der Waals surface area contributed by atoms with Gasteiger partial charge in [-0.2, -0.15) is 0 Å². The summed E-state index contributed by atoms with van der Waals surface area (Å²) in [7, 11) is 0. The van der Waals surface area contributed by atoms with Crippen molar-refractivity contribution in [1.82, 2.24) is 10.3 Å². The molecule has 3 atom stereocenters. The average Bonchev–Trinajstić information content (AvgIpc) is 3.01. The fourth-order valence-corrected chi connectivity index (χ4v) is 3.33. The van der Waals surface area contributed by atoms with Crippen molar-refractivity contribution in [3.8, 4) is 0 Å². The van der Waals surface area contributed by atoms with Gasteiger partial charge in [0.15, 0.2) is 0 Å². The summed E-state index contributed by atoms with van der Waals surface area (Å²) in [6.45, 7) is 0. The van der Waals surface area contributed by atoms with Crippen LogP contribution >= 0.6 is 0 Å². The van der Waals surface area contributed by atoms with E-state index in [1.165, 1.54) is 37.6 Å². The Labute approximate surface area is 111 Å². The molecule has 19 heavy (non-hydrogen) atoms. The monoisotopic (exact) mass is 260 g/mol. The standard InChI is InChI=1S/C14H16N2O3/c17-13(10-3-4-11(14(18)19)15-7-10)16-12-6-8-1-2-9(12)5-8/h3-4,7-9,12H,1-2,5-6H2,(H,16,17)(H,18,19). The van der Waals surface area contributed by atoms with Crippen LogP contribution in [0.1, 0.15) is 46.5 Å². The van der Waals surface area contributed by atoms with Crippen LogP contribution in [0.25, 0.3) is 0 Å². The van der Waals surface area contributed by atoms with Crippen molar-refractivity contribution in [2.24, 2.45) is 11.8 Å². The Bertz CT molecular complexity index is 512.